The molecule has 0 bridgehead atoms. The highest BCUT2D eigenvalue weighted by Crippen LogP contribution is 2.20. The Morgan fingerprint density at radius 2 is 1.77 bits per heavy atom. The summed E-state index contributed by atoms with van der Waals surface area (Å²) in [5.74, 6) is -0.292. The van der Waals surface area contributed by atoms with Crippen molar-refractivity contribution in [3.63, 3.8) is 0 Å². The van der Waals surface area contributed by atoms with Crippen LogP contribution in [0.3, 0.4) is 0 Å². The number of ether oxygens (including phenoxy) is 1. The molecule has 0 unspecified atom stereocenters. The zero-order chi connectivity index (χ0) is 16.6. The van der Waals surface area contributed by atoms with Crippen LogP contribution >= 0.6 is 0 Å². The Labute approximate surface area is 125 Å². The van der Waals surface area contributed by atoms with E-state index in [-0.39, 0.29) is 18.2 Å². The van der Waals surface area contributed by atoms with E-state index in [0.717, 1.165) is 0 Å². The van der Waals surface area contributed by atoms with Crippen molar-refractivity contribution in [3.8, 4) is 5.75 Å². The summed E-state index contributed by atoms with van der Waals surface area (Å²) in [6, 6.07) is 4.76. The minimum atomic E-state index is -4.41. The summed E-state index contributed by atoms with van der Waals surface area (Å²) in [4.78, 5) is 22.6. The summed E-state index contributed by atoms with van der Waals surface area (Å²) in [5, 5.41) is 7.27. The van der Waals surface area contributed by atoms with Crippen LogP contribution in [0, 0.1) is 0 Å². The van der Waals surface area contributed by atoms with Gasteiger partial charge in [0.1, 0.15) is 5.75 Å². The fraction of sp³-hybridized carbons (Fsp3) is 0.385. The number of hydrogen-bond acceptors (Lipinski definition) is 3. The van der Waals surface area contributed by atoms with Crippen LogP contribution in [0.25, 0.3) is 0 Å². The van der Waals surface area contributed by atoms with Gasteiger partial charge in [0.2, 0.25) is 5.91 Å². The normalized spacial score (nSPS) is 10.7. The van der Waals surface area contributed by atoms with E-state index in [1.807, 2.05) is 0 Å². The number of urea groups is 1. The summed E-state index contributed by atoms with van der Waals surface area (Å²) in [5.41, 5.74) is 0.354. The molecule has 122 valence electrons. The first-order chi connectivity index (χ1) is 10.3. The predicted molar refractivity (Wildman–Crippen MR) is 73.7 cm³/mol. The molecular formula is C13H16F3N3O3. The van der Waals surface area contributed by atoms with Crippen molar-refractivity contribution in [1.29, 1.82) is 0 Å². The minimum Gasteiger partial charge on any atom is -0.484 e. The SMILES string of the molecule is CCNC(=O)CNC(=O)Nc1ccc(OCC(F)(F)F)cc1. The molecule has 9 heteroatoms. The third-order valence-electron chi connectivity index (χ3n) is 2.30. The number of likely N-dealkylation sites (N-methyl/N-ethyl adjacent to an activating group) is 1. The molecular weight excluding hydrogens is 303 g/mol. The molecule has 0 spiro atoms. The average molecular weight is 319 g/mol. The Morgan fingerprint density at radius 1 is 1.14 bits per heavy atom. The van der Waals surface area contributed by atoms with Gasteiger partial charge in [0.25, 0.3) is 0 Å². The van der Waals surface area contributed by atoms with Crippen LogP contribution in [0.2, 0.25) is 0 Å². The van der Waals surface area contributed by atoms with E-state index < -0.39 is 18.8 Å². The van der Waals surface area contributed by atoms with Gasteiger partial charge < -0.3 is 20.7 Å². The van der Waals surface area contributed by atoms with Crippen LogP contribution in [-0.4, -0.2) is 37.8 Å². The number of benzene rings is 1. The number of amides is 3. The lowest BCUT2D eigenvalue weighted by molar-refractivity contribution is -0.153. The van der Waals surface area contributed by atoms with Crippen molar-refractivity contribution in [3.05, 3.63) is 24.3 Å². The number of halogens is 3. The number of hydrogen-bond donors (Lipinski definition) is 3. The summed E-state index contributed by atoms with van der Waals surface area (Å²) in [7, 11) is 0. The molecule has 0 aromatic heterocycles. The van der Waals surface area contributed by atoms with Gasteiger partial charge in [-0.05, 0) is 31.2 Å². The van der Waals surface area contributed by atoms with Crippen LogP contribution in [0.4, 0.5) is 23.7 Å². The number of carbonyl (C=O) groups excluding carboxylic acids is 2. The Kier molecular flexibility index (Phi) is 6.48. The van der Waals surface area contributed by atoms with Crippen molar-refractivity contribution in [1.82, 2.24) is 10.6 Å². The second-order valence-corrected chi connectivity index (χ2v) is 4.19. The van der Waals surface area contributed by atoms with E-state index in [1.165, 1.54) is 24.3 Å². The zero-order valence-electron chi connectivity index (χ0n) is 11.8. The molecule has 0 saturated carbocycles. The number of anilines is 1. The monoisotopic (exact) mass is 319 g/mol. The van der Waals surface area contributed by atoms with E-state index in [1.54, 1.807) is 6.92 Å². The molecule has 6 nitrogen and oxygen atoms in total. The van der Waals surface area contributed by atoms with Crippen molar-refractivity contribution >= 4 is 17.6 Å². The van der Waals surface area contributed by atoms with Gasteiger partial charge in [-0.3, -0.25) is 4.79 Å². The first-order valence-corrected chi connectivity index (χ1v) is 6.41. The second-order valence-electron chi connectivity index (χ2n) is 4.19. The molecule has 0 heterocycles. The Balaban J connectivity index is 2.40. The molecule has 1 rings (SSSR count). The highest BCUT2D eigenvalue weighted by molar-refractivity contribution is 5.92. The average Bonchev–Trinajstić information content (AvgIpc) is 2.44. The third kappa shape index (κ3) is 7.36. The van der Waals surface area contributed by atoms with Gasteiger partial charge >= 0.3 is 12.2 Å². The summed E-state index contributed by atoms with van der Waals surface area (Å²) >= 11 is 0. The maximum absolute atomic E-state index is 12.0. The lowest BCUT2D eigenvalue weighted by Crippen LogP contribution is -2.38. The fourth-order valence-corrected chi connectivity index (χ4v) is 1.40. The number of alkyl halides is 3. The minimum absolute atomic E-state index is 0.0330. The fourth-order valence-electron chi connectivity index (χ4n) is 1.40. The van der Waals surface area contributed by atoms with E-state index in [2.05, 4.69) is 20.7 Å². The van der Waals surface area contributed by atoms with Crippen molar-refractivity contribution in [2.45, 2.75) is 13.1 Å². The molecule has 0 radical (unpaired) electrons. The maximum atomic E-state index is 12.0. The lowest BCUT2D eigenvalue weighted by Gasteiger charge is -2.10. The van der Waals surface area contributed by atoms with E-state index in [4.69, 9.17) is 0 Å². The lowest BCUT2D eigenvalue weighted by atomic mass is 10.3. The molecule has 22 heavy (non-hydrogen) atoms. The first kappa shape index (κ1) is 17.6. The molecule has 0 aliphatic heterocycles. The second kappa shape index (κ2) is 8.11. The number of rotatable bonds is 6. The van der Waals surface area contributed by atoms with Gasteiger partial charge in [-0.2, -0.15) is 13.2 Å². The summed E-state index contributed by atoms with van der Waals surface area (Å²) in [6.07, 6.45) is -4.41. The Morgan fingerprint density at radius 3 is 2.32 bits per heavy atom. The van der Waals surface area contributed by atoms with Crippen molar-refractivity contribution < 1.29 is 27.5 Å². The molecule has 0 saturated heterocycles. The molecule has 0 aliphatic carbocycles. The van der Waals surface area contributed by atoms with E-state index >= 15 is 0 Å². The zero-order valence-corrected chi connectivity index (χ0v) is 11.8. The Bertz CT molecular complexity index is 503. The topological polar surface area (TPSA) is 79.5 Å². The number of carbonyl (C=O) groups is 2. The maximum Gasteiger partial charge on any atom is 0.422 e. The molecule has 0 atom stereocenters. The molecule has 3 N–H and O–H groups in total. The van der Waals surface area contributed by atoms with Gasteiger partial charge in [0, 0.05) is 12.2 Å². The van der Waals surface area contributed by atoms with Gasteiger partial charge in [-0.15, -0.1) is 0 Å². The molecule has 1 aromatic carbocycles. The van der Waals surface area contributed by atoms with Gasteiger partial charge in [0.05, 0.1) is 6.54 Å². The van der Waals surface area contributed by atoms with Gasteiger partial charge in [-0.25, -0.2) is 4.79 Å². The van der Waals surface area contributed by atoms with Gasteiger partial charge in [0.15, 0.2) is 6.61 Å². The predicted octanol–water partition coefficient (Wildman–Crippen LogP) is 1.89. The van der Waals surface area contributed by atoms with Crippen LogP contribution in [-0.2, 0) is 4.79 Å². The standard InChI is InChI=1S/C13H16F3N3O3/c1-2-17-11(20)7-18-12(21)19-9-3-5-10(6-4-9)22-8-13(14,15)16/h3-6H,2,7-8H2,1H3,(H,17,20)(H2,18,19,21). The molecule has 1 aromatic rings. The van der Waals surface area contributed by atoms with Crippen molar-refractivity contribution in [2.75, 3.05) is 25.0 Å². The summed E-state index contributed by atoms with van der Waals surface area (Å²) in [6.45, 7) is 0.654. The third-order valence-corrected chi connectivity index (χ3v) is 2.30. The van der Waals surface area contributed by atoms with Gasteiger partial charge in [-0.1, -0.05) is 0 Å². The molecule has 3 amide bonds. The van der Waals surface area contributed by atoms with Crippen LogP contribution in [0.5, 0.6) is 5.75 Å². The highest BCUT2D eigenvalue weighted by atomic mass is 19.4. The number of nitrogens with one attached hydrogen (secondary N) is 3. The first-order valence-electron chi connectivity index (χ1n) is 6.41. The van der Waals surface area contributed by atoms with Crippen LogP contribution in [0.1, 0.15) is 6.92 Å². The molecule has 0 aliphatic rings. The van der Waals surface area contributed by atoms with Crippen molar-refractivity contribution in [2.24, 2.45) is 0 Å². The van der Waals surface area contributed by atoms with Crippen LogP contribution in [0.15, 0.2) is 24.3 Å². The summed E-state index contributed by atoms with van der Waals surface area (Å²) < 4.78 is 40.5. The quantitative estimate of drug-likeness (QED) is 0.749. The molecule has 0 fully saturated rings. The van der Waals surface area contributed by atoms with E-state index in [9.17, 15) is 22.8 Å². The smallest absolute Gasteiger partial charge is 0.422 e. The highest BCUT2D eigenvalue weighted by Gasteiger charge is 2.28. The van der Waals surface area contributed by atoms with Crippen LogP contribution < -0.4 is 20.7 Å². The largest absolute Gasteiger partial charge is 0.484 e. The van der Waals surface area contributed by atoms with E-state index in [0.29, 0.717) is 12.2 Å². The Hall–Kier alpha value is -2.45.